The van der Waals surface area contributed by atoms with Crippen LogP contribution in [-0.4, -0.2) is 20.8 Å². The molecule has 1 atom stereocenters. The van der Waals surface area contributed by atoms with Gasteiger partial charge < -0.3 is 4.74 Å². The van der Waals surface area contributed by atoms with Gasteiger partial charge in [0.15, 0.2) is 0 Å². The summed E-state index contributed by atoms with van der Waals surface area (Å²) in [6.07, 6.45) is 0.216. The summed E-state index contributed by atoms with van der Waals surface area (Å²) < 4.78 is 8.35. The molecule has 2 heterocycles. The van der Waals surface area contributed by atoms with Crippen molar-refractivity contribution in [2.24, 2.45) is 19.1 Å². The number of hydrogen-bond donors (Lipinski definition) is 0. The van der Waals surface area contributed by atoms with Crippen LogP contribution in [0.1, 0.15) is 47.1 Å². The van der Waals surface area contributed by atoms with Crippen molar-refractivity contribution in [2.45, 2.75) is 26.2 Å². The van der Waals surface area contributed by atoms with Crippen LogP contribution in [-0.2, 0) is 23.6 Å². The van der Waals surface area contributed by atoms with Gasteiger partial charge >= 0.3 is 11.7 Å². The van der Waals surface area contributed by atoms with Gasteiger partial charge in [-0.15, -0.1) is 0 Å². The number of carbonyl (C=O) groups is 1. The zero-order valence-electron chi connectivity index (χ0n) is 18.9. The summed E-state index contributed by atoms with van der Waals surface area (Å²) in [5.74, 6) is -0.172. The van der Waals surface area contributed by atoms with Crippen LogP contribution in [0.5, 0.6) is 0 Å². The lowest BCUT2D eigenvalue weighted by molar-refractivity contribution is -0.136. The number of hydrogen-bond acceptors (Lipinski definition) is 5. The molecule has 0 saturated carbocycles. The van der Waals surface area contributed by atoms with Crippen LogP contribution in [0.2, 0.25) is 0 Å². The smallest absolute Gasteiger partial charge is 0.332 e. The van der Waals surface area contributed by atoms with Crippen LogP contribution in [0.4, 0.5) is 5.82 Å². The third kappa shape index (κ3) is 3.03. The summed E-state index contributed by atoms with van der Waals surface area (Å²) >= 11 is 0. The lowest BCUT2D eigenvalue weighted by Crippen LogP contribution is -2.41. The Labute approximate surface area is 190 Å². The molecule has 1 aliphatic carbocycles. The molecule has 0 bridgehead atoms. The fourth-order valence-electron chi connectivity index (χ4n) is 4.56. The molecular weight excluding hydrogens is 418 g/mol. The lowest BCUT2D eigenvalue weighted by Gasteiger charge is -2.27. The maximum atomic E-state index is 13.4. The van der Waals surface area contributed by atoms with E-state index in [0.29, 0.717) is 28.4 Å². The SMILES string of the molecule is CCC(=O)OC1=C2C(=Nc3c(c(=O)n(C)c(=O)n3C)[C@H]2c2ccc(C)cc2)c2ccccc21. The molecule has 1 aliphatic heterocycles. The van der Waals surface area contributed by atoms with E-state index in [-0.39, 0.29) is 12.4 Å². The first-order chi connectivity index (χ1) is 15.8. The van der Waals surface area contributed by atoms with E-state index in [1.54, 1.807) is 14.0 Å². The second-order valence-corrected chi connectivity index (χ2v) is 8.36. The summed E-state index contributed by atoms with van der Waals surface area (Å²) in [6, 6.07) is 15.5. The standard InChI is InChI=1S/C26H23N3O4/c1-5-18(30)33-23-17-9-7-6-8-16(17)22-20(23)19(15-12-10-14(2)11-13-15)21-24(27-22)28(3)26(32)29(4)25(21)31/h6-13,19H,5H2,1-4H3/t19-/m0/s1. The van der Waals surface area contributed by atoms with Gasteiger partial charge in [-0.05, 0) is 12.5 Å². The Morgan fingerprint density at radius 3 is 2.33 bits per heavy atom. The number of rotatable bonds is 3. The van der Waals surface area contributed by atoms with Gasteiger partial charge in [0.05, 0.1) is 11.3 Å². The van der Waals surface area contributed by atoms with Gasteiger partial charge in [-0.3, -0.25) is 18.7 Å². The Balaban J connectivity index is 1.93. The van der Waals surface area contributed by atoms with E-state index in [1.165, 1.54) is 11.6 Å². The predicted molar refractivity (Wildman–Crippen MR) is 126 cm³/mol. The van der Waals surface area contributed by atoms with E-state index < -0.39 is 17.2 Å². The zero-order valence-corrected chi connectivity index (χ0v) is 18.9. The maximum absolute atomic E-state index is 13.4. The van der Waals surface area contributed by atoms with Crippen molar-refractivity contribution >= 4 is 23.3 Å². The fourth-order valence-corrected chi connectivity index (χ4v) is 4.56. The van der Waals surface area contributed by atoms with Crippen molar-refractivity contribution in [3.63, 3.8) is 0 Å². The maximum Gasteiger partial charge on any atom is 0.332 e. The van der Waals surface area contributed by atoms with Crippen molar-refractivity contribution in [3.8, 4) is 0 Å². The Kier molecular flexibility index (Phi) is 4.78. The van der Waals surface area contributed by atoms with Gasteiger partial charge in [-0.2, -0.15) is 0 Å². The average Bonchev–Trinajstić information content (AvgIpc) is 3.14. The fraction of sp³-hybridized carbons (Fsp3) is 0.231. The highest BCUT2D eigenvalue weighted by molar-refractivity contribution is 6.25. The number of fused-ring (bicyclic) bond motifs is 4. The van der Waals surface area contributed by atoms with Gasteiger partial charge in [0.1, 0.15) is 11.6 Å². The van der Waals surface area contributed by atoms with Gasteiger partial charge in [-0.1, -0.05) is 61.0 Å². The average molecular weight is 441 g/mol. The molecule has 2 aliphatic rings. The molecule has 2 aromatic carbocycles. The Bertz CT molecular complexity index is 1500. The van der Waals surface area contributed by atoms with Crippen molar-refractivity contribution in [2.75, 3.05) is 0 Å². The molecule has 1 aromatic heterocycles. The van der Waals surface area contributed by atoms with Crippen molar-refractivity contribution < 1.29 is 9.53 Å². The van der Waals surface area contributed by atoms with E-state index in [2.05, 4.69) is 0 Å². The number of aliphatic imine (C=N–C) groups is 1. The Morgan fingerprint density at radius 2 is 1.67 bits per heavy atom. The number of esters is 1. The van der Waals surface area contributed by atoms with Crippen LogP contribution >= 0.6 is 0 Å². The number of benzene rings is 2. The molecule has 0 spiro atoms. The highest BCUT2D eigenvalue weighted by Crippen LogP contribution is 2.48. The molecule has 166 valence electrons. The molecule has 0 saturated heterocycles. The third-order valence-electron chi connectivity index (χ3n) is 6.30. The first-order valence-corrected chi connectivity index (χ1v) is 10.8. The van der Waals surface area contributed by atoms with E-state index in [4.69, 9.17) is 9.73 Å². The number of carbonyl (C=O) groups excluding carboxylic acids is 1. The summed E-state index contributed by atoms with van der Waals surface area (Å²) in [5, 5.41) is 0. The minimum atomic E-state index is -0.550. The highest BCUT2D eigenvalue weighted by Gasteiger charge is 2.42. The van der Waals surface area contributed by atoms with E-state index in [0.717, 1.165) is 26.8 Å². The van der Waals surface area contributed by atoms with Gasteiger partial charge in [0, 0.05) is 43.1 Å². The topological polar surface area (TPSA) is 82.7 Å². The van der Waals surface area contributed by atoms with Crippen LogP contribution in [0.25, 0.3) is 5.76 Å². The quantitative estimate of drug-likeness (QED) is 0.584. The number of aromatic nitrogens is 2. The van der Waals surface area contributed by atoms with Crippen molar-refractivity contribution in [1.82, 2.24) is 9.13 Å². The van der Waals surface area contributed by atoms with Gasteiger partial charge in [0.2, 0.25) is 0 Å². The van der Waals surface area contributed by atoms with Crippen LogP contribution in [0.3, 0.4) is 0 Å². The van der Waals surface area contributed by atoms with E-state index >= 15 is 0 Å². The highest BCUT2D eigenvalue weighted by atomic mass is 16.5. The summed E-state index contributed by atoms with van der Waals surface area (Å²) in [7, 11) is 3.08. The van der Waals surface area contributed by atoms with Gasteiger partial charge in [-0.25, -0.2) is 9.79 Å². The molecule has 0 unspecified atom stereocenters. The molecule has 7 heteroatoms. The molecule has 7 nitrogen and oxygen atoms in total. The summed E-state index contributed by atoms with van der Waals surface area (Å²) in [4.78, 5) is 43.3. The third-order valence-corrected chi connectivity index (χ3v) is 6.30. The molecule has 33 heavy (non-hydrogen) atoms. The number of ether oxygens (including phenoxy) is 1. The predicted octanol–water partition coefficient (Wildman–Crippen LogP) is 3.34. The molecule has 0 N–H and O–H groups in total. The molecular formula is C26H23N3O4. The largest absolute Gasteiger partial charge is 0.425 e. The number of allylic oxidation sites excluding steroid dienone is 1. The number of aryl methyl sites for hydroxylation is 1. The second kappa shape index (κ2) is 7.55. The van der Waals surface area contributed by atoms with E-state index in [1.807, 2.05) is 55.5 Å². The molecule has 5 rings (SSSR count). The van der Waals surface area contributed by atoms with Crippen LogP contribution in [0.15, 0.2) is 68.7 Å². The number of nitrogens with zero attached hydrogens (tertiary/aromatic N) is 3. The van der Waals surface area contributed by atoms with Crippen molar-refractivity contribution in [1.29, 1.82) is 0 Å². The minimum Gasteiger partial charge on any atom is -0.425 e. The first-order valence-electron chi connectivity index (χ1n) is 10.8. The first kappa shape index (κ1) is 20.9. The second-order valence-electron chi connectivity index (χ2n) is 8.36. The Hall–Kier alpha value is -4.00. The minimum absolute atomic E-state index is 0.216. The van der Waals surface area contributed by atoms with E-state index in [9.17, 15) is 14.4 Å². The lowest BCUT2D eigenvalue weighted by atomic mass is 9.81. The molecule has 0 amide bonds. The monoisotopic (exact) mass is 441 g/mol. The normalized spacial score (nSPS) is 16.1. The van der Waals surface area contributed by atoms with Crippen LogP contribution in [0, 0.1) is 6.92 Å². The van der Waals surface area contributed by atoms with Gasteiger partial charge in [0.25, 0.3) is 5.56 Å². The zero-order chi connectivity index (χ0) is 23.4. The Morgan fingerprint density at radius 1 is 1.00 bits per heavy atom. The summed E-state index contributed by atoms with van der Waals surface area (Å²) in [5.41, 5.74) is 4.32. The molecule has 3 aromatic rings. The van der Waals surface area contributed by atoms with Crippen LogP contribution < -0.4 is 11.2 Å². The summed E-state index contributed by atoms with van der Waals surface area (Å²) in [6.45, 7) is 3.73. The molecule has 0 radical (unpaired) electrons. The molecule has 0 fully saturated rings. The van der Waals surface area contributed by atoms with Crippen molar-refractivity contribution in [3.05, 3.63) is 103 Å².